The maximum absolute atomic E-state index is 4.85. The molecular weight excluding hydrogens is 338 g/mol. The van der Waals surface area contributed by atoms with Crippen molar-refractivity contribution < 1.29 is 0 Å². The van der Waals surface area contributed by atoms with Crippen LogP contribution in [-0.2, 0) is 18.9 Å². The monoisotopic (exact) mass is 367 g/mol. The highest BCUT2D eigenvalue weighted by molar-refractivity contribution is 5.37. The van der Waals surface area contributed by atoms with Crippen molar-refractivity contribution in [3.8, 4) is 0 Å². The second-order valence-electron chi connectivity index (χ2n) is 8.66. The minimum Gasteiger partial charge on any atom is -0.338 e. The fourth-order valence-corrected chi connectivity index (χ4v) is 3.77. The lowest BCUT2D eigenvalue weighted by Crippen LogP contribution is -2.35. The molecule has 7 nitrogen and oxygen atoms in total. The SMILES string of the molecule is Cn1cncc1CCN1CCC(c2nnc3ccc(C(C)(C)C)nn23)CC1. The van der Waals surface area contributed by atoms with E-state index in [4.69, 9.17) is 5.10 Å². The fourth-order valence-electron chi connectivity index (χ4n) is 3.77. The number of nitrogens with zero attached hydrogens (tertiary/aromatic N) is 7. The zero-order valence-corrected chi connectivity index (χ0v) is 16.8. The van der Waals surface area contributed by atoms with Crippen LogP contribution in [0.15, 0.2) is 24.7 Å². The van der Waals surface area contributed by atoms with Gasteiger partial charge in [0.25, 0.3) is 0 Å². The zero-order valence-electron chi connectivity index (χ0n) is 16.8. The maximum Gasteiger partial charge on any atom is 0.177 e. The summed E-state index contributed by atoms with van der Waals surface area (Å²) in [4.78, 5) is 6.75. The van der Waals surface area contributed by atoms with Gasteiger partial charge in [0.15, 0.2) is 11.5 Å². The van der Waals surface area contributed by atoms with Gasteiger partial charge in [-0.1, -0.05) is 20.8 Å². The van der Waals surface area contributed by atoms with Gasteiger partial charge in [-0.2, -0.15) is 9.61 Å². The van der Waals surface area contributed by atoms with Gasteiger partial charge in [0, 0.05) is 43.2 Å². The van der Waals surface area contributed by atoms with Crippen LogP contribution in [0.4, 0.5) is 0 Å². The normalized spacial score (nSPS) is 17.0. The van der Waals surface area contributed by atoms with Crippen molar-refractivity contribution in [3.63, 3.8) is 0 Å². The average Bonchev–Trinajstić information content (AvgIpc) is 3.25. The molecule has 1 aliphatic heterocycles. The Morgan fingerprint density at radius 3 is 2.56 bits per heavy atom. The summed E-state index contributed by atoms with van der Waals surface area (Å²) in [5.41, 5.74) is 3.23. The first-order valence-corrected chi connectivity index (χ1v) is 9.82. The molecule has 0 unspecified atom stereocenters. The molecule has 4 heterocycles. The Kier molecular flexibility index (Phi) is 4.72. The molecule has 1 saturated heterocycles. The predicted octanol–water partition coefficient (Wildman–Crippen LogP) is 2.58. The highest BCUT2D eigenvalue weighted by atomic mass is 15.4. The van der Waals surface area contributed by atoms with E-state index in [0.29, 0.717) is 5.92 Å². The Bertz CT molecular complexity index is 910. The van der Waals surface area contributed by atoms with Crippen molar-refractivity contribution >= 4 is 5.65 Å². The van der Waals surface area contributed by atoms with Crippen LogP contribution in [0.1, 0.15) is 56.7 Å². The van der Waals surface area contributed by atoms with Gasteiger partial charge in [0.2, 0.25) is 0 Å². The lowest BCUT2D eigenvalue weighted by atomic mass is 9.92. The Morgan fingerprint density at radius 2 is 1.89 bits per heavy atom. The highest BCUT2D eigenvalue weighted by Crippen LogP contribution is 2.28. The molecule has 0 spiro atoms. The maximum atomic E-state index is 4.85. The summed E-state index contributed by atoms with van der Waals surface area (Å²) < 4.78 is 4.07. The van der Waals surface area contributed by atoms with Crippen molar-refractivity contribution in [1.82, 2.24) is 34.3 Å². The van der Waals surface area contributed by atoms with Crippen LogP contribution < -0.4 is 0 Å². The van der Waals surface area contributed by atoms with Crippen molar-refractivity contribution in [3.05, 3.63) is 41.9 Å². The largest absolute Gasteiger partial charge is 0.338 e. The van der Waals surface area contributed by atoms with Gasteiger partial charge in [-0.25, -0.2) is 4.98 Å². The molecule has 1 aliphatic rings. The van der Waals surface area contributed by atoms with Crippen molar-refractivity contribution in [2.24, 2.45) is 7.05 Å². The van der Waals surface area contributed by atoms with Crippen LogP contribution >= 0.6 is 0 Å². The van der Waals surface area contributed by atoms with Gasteiger partial charge >= 0.3 is 0 Å². The number of hydrogen-bond acceptors (Lipinski definition) is 5. The molecular formula is C20H29N7. The molecule has 3 aromatic rings. The molecule has 144 valence electrons. The van der Waals surface area contributed by atoms with Gasteiger partial charge in [0.1, 0.15) is 0 Å². The number of piperidine rings is 1. The third kappa shape index (κ3) is 3.74. The number of likely N-dealkylation sites (tertiary alicyclic amines) is 1. The van der Waals surface area contributed by atoms with Crippen LogP contribution in [-0.4, -0.2) is 53.9 Å². The van der Waals surface area contributed by atoms with Gasteiger partial charge in [-0.05, 0) is 38.1 Å². The van der Waals surface area contributed by atoms with E-state index in [-0.39, 0.29) is 5.41 Å². The number of hydrogen-bond donors (Lipinski definition) is 0. The molecule has 0 bridgehead atoms. The third-order valence-electron chi connectivity index (χ3n) is 5.61. The lowest BCUT2D eigenvalue weighted by molar-refractivity contribution is 0.209. The molecule has 7 heteroatoms. The van der Waals surface area contributed by atoms with E-state index in [0.717, 1.165) is 56.1 Å². The lowest BCUT2D eigenvalue weighted by Gasteiger charge is -2.31. The number of fused-ring (bicyclic) bond motifs is 1. The molecule has 0 saturated carbocycles. The van der Waals surface area contributed by atoms with E-state index >= 15 is 0 Å². The molecule has 1 fully saturated rings. The first-order valence-electron chi connectivity index (χ1n) is 9.82. The number of rotatable bonds is 4. The number of aryl methyl sites for hydroxylation is 1. The first kappa shape index (κ1) is 18.1. The minimum absolute atomic E-state index is 0.0187. The van der Waals surface area contributed by atoms with E-state index in [1.807, 2.05) is 23.1 Å². The second-order valence-corrected chi connectivity index (χ2v) is 8.66. The molecule has 0 atom stereocenters. The molecule has 0 radical (unpaired) electrons. The average molecular weight is 368 g/mol. The van der Waals surface area contributed by atoms with Crippen LogP contribution in [0.25, 0.3) is 5.65 Å². The summed E-state index contributed by atoms with van der Waals surface area (Å²) >= 11 is 0. The Morgan fingerprint density at radius 1 is 1.11 bits per heavy atom. The Balaban J connectivity index is 1.43. The van der Waals surface area contributed by atoms with E-state index in [1.54, 1.807) is 0 Å². The third-order valence-corrected chi connectivity index (χ3v) is 5.61. The number of aromatic nitrogens is 6. The van der Waals surface area contributed by atoms with Crippen molar-refractivity contribution in [1.29, 1.82) is 0 Å². The van der Waals surface area contributed by atoms with E-state index < -0.39 is 0 Å². The van der Waals surface area contributed by atoms with Crippen molar-refractivity contribution in [2.75, 3.05) is 19.6 Å². The second kappa shape index (κ2) is 7.03. The fraction of sp³-hybridized carbons (Fsp3) is 0.600. The molecule has 0 amide bonds. The summed E-state index contributed by atoms with van der Waals surface area (Å²) in [7, 11) is 2.06. The van der Waals surface area contributed by atoms with Gasteiger partial charge in [0.05, 0.1) is 12.0 Å². The quantitative estimate of drug-likeness (QED) is 0.709. The van der Waals surface area contributed by atoms with E-state index in [1.165, 1.54) is 5.69 Å². The Labute approximate surface area is 160 Å². The molecule has 0 aromatic carbocycles. The highest BCUT2D eigenvalue weighted by Gasteiger charge is 2.26. The van der Waals surface area contributed by atoms with Crippen LogP contribution in [0, 0.1) is 0 Å². The molecule has 0 N–H and O–H groups in total. The van der Waals surface area contributed by atoms with Crippen LogP contribution in [0.3, 0.4) is 0 Å². The minimum atomic E-state index is 0.0187. The van der Waals surface area contributed by atoms with Crippen LogP contribution in [0.5, 0.6) is 0 Å². The topological polar surface area (TPSA) is 64.1 Å². The zero-order chi connectivity index (χ0) is 19.0. The van der Waals surface area contributed by atoms with Gasteiger partial charge in [-0.3, -0.25) is 0 Å². The van der Waals surface area contributed by atoms with Crippen LogP contribution in [0.2, 0.25) is 0 Å². The molecule has 27 heavy (non-hydrogen) atoms. The Hall–Kier alpha value is -2.28. The van der Waals surface area contributed by atoms with E-state index in [2.05, 4.69) is 58.5 Å². The smallest absolute Gasteiger partial charge is 0.177 e. The summed E-state index contributed by atoms with van der Waals surface area (Å²) in [5.74, 6) is 1.44. The summed E-state index contributed by atoms with van der Waals surface area (Å²) in [6.07, 6.45) is 7.09. The van der Waals surface area contributed by atoms with Gasteiger partial charge in [-0.15, -0.1) is 10.2 Å². The molecule has 3 aromatic heterocycles. The molecule has 0 aliphatic carbocycles. The summed E-state index contributed by atoms with van der Waals surface area (Å²) in [6, 6.07) is 4.10. The van der Waals surface area contributed by atoms with E-state index in [9.17, 15) is 0 Å². The van der Waals surface area contributed by atoms with Crippen molar-refractivity contribution in [2.45, 2.75) is 51.4 Å². The standard InChI is InChI=1S/C20H29N7/c1-20(2,3)17-5-6-18-22-23-19(27(18)24-17)15-7-10-26(11-8-15)12-9-16-13-21-14-25(16)4/h5-6,13-15H,7-12H2,1-4H3. The van der Waals surface area contributed by atoms with Gasteiger partial charge < -0.3 is 9.47 Å². The first-order chi connectivity index (χ1) is 12.9. The molecule has 4 rings (SSSR count). The summed E-state index contributed by atoms with van der Waals surface area (Å²) in [6.45, 7) is 9.83. The summed E-state index contributed by atoms with van der Waals surface area (Å²) in [5, 5.41) is 13.7. The number of imidazole rings is 1. The predicted molar refractivity (Wildman–Crippen MR) is 105 cm³/mol.